The molecule has 0 fully saturated rings. The van der Waals surface area contributed by atoms with Gasteiger partial charge in [0, 0.05) is 30.6 Å². The molecule has 186 valence electrons. The number of hydrogen-bond acceptors (Lipinski definition) is 6. The van der Waals surface area contributed by atoms with Crippen LogP contribution in [-0.2, 0) is 20.8 Å². The molecule has 0 aromatic heterocycles. The number of guanidine groups is 1. The summed E-state index contributed by atoms with van der Waals surface area (Å²) in [6.45, 7) is 0.522. The minimum absolute atomic E-state index is 0.0150. The third-order valence-corrected chi connectivity index (χ3v) is 4.96. The van der Waals surface area contributed by atoms with Crippen LogP contribution in [0.3, 0.4) is 0 Å². The largest absolute Gasteiger partial charge is 0.481 e. The third-order valence-electron chi connectivity index (χ3n) is 4.96. The smallest absolute Gasteiger partial charge is 0.303 e. The van der Waals surface area contributed by atoms with Gasteiger partial charge in [-0.3, -0.25) is 19.4 Å². The molecular weight excluding hydrogens is 452 g/mol. The van der Waals surface area contributed by atoms with Gasteiger partial charge in [0.15, 0.2) is 5.96 Å². The molecule has 11 nitrogen and oxygen atoms in total. The summed E-state index contributed by atoms with van der Waals surface area (Å²) in [6, 6.07) is 14.2. The number of nitrogens with zero attached hydrogens (tertiary/aromatic N) is 2. The second-order valence-corrected chi connectivity index (χ2v) is 7.73. The number of carboxylic acid groups (broad SMARTS) is 1. The first-order chi connectivity index (χ1) is 16.7. The lowest BCUT2D eigenvalue weighted by molar-refractivity contribution is -0.137. The summed E-state index contributed by atoms with van der Waals surface area (Å²) in [5, 5.41) is 21.0. The van der Waals surface area contributed by atoms with Crippen molar-refractivity contribution in [3.05, 3.63) is 59.7 Å². The Kier molecular flexibility index (Phi) is 10.4. The van der Waals surface area contributed by atoms with E-state index in [9.17, 15) is 19.5 Å². The molecule has 9 N–H and O–H groups in total. The quantitative estimate of drug-likeness (QED) is 0.166. The lowest BCUT2D eigenvalue weighted by atomic mass is 10.1. The zero-order chi connectivity index (χ0) is 25.8. The zero-order valence-corrected chi connectivity index (χ0v) is 19.2. The number of para-hydroxylation sites is 1. The van der Waals surface area contributed by atoms with E-state index in [1.165, 1.54) is 0 Å². The Bertz CT molecular complexity index is 1090. The number of carboxylic acids is 1. The standard InChI is InChI=1S/C15H22N4O3.C9H8N2O2/c16-15(17)18-10-2-1-3-13(20)19-12-7-4-11(5-8-12)6-9-14(21)22;10-9(13)7-8(12)5-3-1-2-4-6(5)11-7/h4-5,7-8H,1-3,6,9-10H2,(H,19,20)(H,21,22)(H4,16,17,18);1-4,8,12H,(H2,10,13). The maximum atomic E-state index is 11.7. The van der Waals surface area contributed by atoms with Crippen LogP contribution >= 0.6 is 0 Å². The predicted octanol–water partition coefficient (Wildman–Crippen LogP) is 1.38. The molecule has 0 aliphatic carbocycles. The van der Waals surface area contributed by atoms with Crippen molar-refractivity contribution in [3.8, 4) is 0 Å². The van der Waals surface area contributed by atoms with Crippen molar-refractivity contribution < 1.29 is 24.6 Å². The normalized spacial score (nSPS) is 13.5. The Balaban J connectivity index is 0.000000279. The lowest BCUT2D eigenvalue weighted by Gasteiger charge is -2.06. The molecule has 1 atom stereocenters. The van der Waals surface area contributed by atoms with Gasteiger partial charge in [0.1, 0.15) is 11.8 Å². The Morgan fingerprint density at radius 2 is 1.66 bits per heavy atom. The highest BCUT2D eigenvalue weighted by atomic mass is 16.4. The first-order valence-electron chi connectivity index (χ1n) is 11.0. The molecule has 3 rings (SSSR count). The van der Waals surface area contributed by atoms with E-state index in [0.717, 1.165) is 12.0 Å². The summed E-state index contributed by atoms with van der Waals surface area (Å²) >= 11 is 0. The topological polar surface area (TPSA) is 206 Å². The average Bonchev–Trinajstić information content (AvgIpc) is 3.15. The van der Waals surface area contributed by atoms with Crippen molar-refractivity contribution in [1.29, 1.82) is 0 Å². The molecule has 0 radical (unpaired) electrons. The summed E-state index contributed by atoms with van der Waals surface area (Å²) < 4.78 is 0. The van der Waals surface area contributed by atoms with Gasteiger partial charge in [-0.25, -0.2) is 4.99 Å². The van der Waals surface area contributed by atoms with Crippen molar-refractivity contribution in [2.45, 2.75) is 38.2 Å². The van der Waals surface area contributed by atoms with Gasteiger partial charge in [-0.05, 0) is 43.0 Å². The number of nitrogens with two attached hydrogens (primary N) is 3. The number of nitrogens with one attached hydrogen (secondary N) is 1. The number of unbranched alkanes of at least 4 members (excludes halogenated alkanes) is 1. The molecule has 0 bridgehead atoms. The molecule has 11 heteroatoms. The summed E-state index contributed by atoms with van der Waals surface area (Å²) in [7, 11) is 0. The Hall–Kier alpha value is -4.25. The Labute approximate surface area is 202 Å². The van der Waals surface area contributed by atoms with Gasteiger partial charge in [0.05, 0.1) is 5.69 Å². The molecule has 2 aromatic carbocycles. The van der Waals surface area contributed by atoms with E-state index >= 15 is 0 Å². The fourth-order valence-corrected chi connectivity index (χ4v) is 3.18. The zero-order valence-electron chi connectivity index (χ0n) is 19.2. The molecular formula is C24H30N6O5. The first kappa shape index (κ1) is 27.0. The minimum atomic E-state index is -0.964. The number of rotatable bonds is 10. The van der Waals surface area contributed by atoms with E-state index in [4.69, 9.17) is 22.3 Å². The van der Waals surface area contributed by atoms with Crippen molar-refractivity contribution in [1.82, 2.24) is 0 Å². The van der Waals surface area contributed by atoms with E-state index in [1.54, 1.807) is 36.4 Å². The predicted molar refractivity (Wildman–Crippen MR) is 133 cm³/mol. The van der Waals surface area contributed by atoms with Crippen LogP contribution in [-0.4, -0.2) is 46.2 Å². The van der Waals surface area contributed by atoms with Crippen molar-refractivity contribution in [2.75, 3.05) is 11.9 Å². The van der Waals surface area contributed by atoms with Gasteiger partial charge in [0.25, 0.3) is 5.91 Å². The maximum Gasteiger partial charge on any atom is 0.303 e. The van der Waals surface area contributed by atoms with Gasteiger partial charge < -0.3 is 32.7 Å². The van der Waals surface area contributed by atoms with E-state index in [-0.39, 0.29) is 24.0 Å². The van der Waals surface area contributed by atoms with Gasteiger partial charge in [0.2, 0.25) is 5.91 Å². The highest BCUT2D eigenvalue weighted by Crippen LogP contribution is 2.33. The van der Waals surface area contributed by atoms with Crippen molar-refractivity contribution in [2.24, 2.45) is 27.2 Å². The molecule has 1 heterocycles. The number of amides is 2. The molecule has 0 saturated heterocycles. The lowest BCUT2D eigenvalue weighted by Crippen LogP contribution is -2.26. The number of benzene rings is 2. The van der Waals surface area contributed by atoms with Crippen LogP contribution in [0.15, 0.2) is 58.5 Å². The number of carbonyl (C=O) groups is 3. The number of hydrogen-bond donors (Lipinski definition) is 6. The van der Waals surface area contributed by atoms with Crippen molar-refractivity contribution in [3.63, 3.8) is 0 Å². The number of aliphatic carboxylic acids is 1. The van der Waals surface area contributed by atoms with Gasteiger partial charge in [-0.2, -0.15) is 0 Å². The number of aryl methyl sites for hydroxylation is 1. The van der Waals surface area contributed by atoms with Crippen LogP contribution < -0.4 is 22.5 Å². The third kappa shape index (κ3) is 9.26. The second kappa shape index (κ2) is 13.5. The molecule has 0 spiro atoms. The van der Waals surface area contributed by atoms with Crippen LogP contribution in [0.1, 0.15) is 42.9 Å². The highest BCUT2D eigenvalue weighted by molar-refractivity contribution is 6.41. The molecule has 0 saturated carbocycles. The number of carbonyl (C=O) groups excluding carboxylic acids is 2. The summed E-state index contributed by atoms with van der Waals surface area (Å²) in [4.78, 5) is 40.8. The summed E-state index contributed by atoms with van der Waals surface area (Å²) in [5.74, 6) is -1.50. The maximum absolute atomic E-state index is 11.7. The van der Waals surface area contributed by atoms with Crippen LogP contribution in [0.25, 0.3) is 0 Å². The van der Waals surface area contributed by atoms with Crippen molar-refractivity contribution >= 4 is 40.8 Å². The molecule has 1 aliphatic rings. The number of aliphatic imine (C=N–C) groups is 2. The molecule has 35 heavy (non-hydrogen) atoms. The Morgan fingerprint density at radius 3 is 2.26 bits per heavy atom. The van der Waals surface area contributed by atoms with Gasteiger partial charge >= 0.3 is 5.97 Å². The van der Waals surface area contributed by atoms with Gasteiger partial charge in [-0.15, -0.1) is 0 Å². The van der Waals surface area contributed by atoms with Crippen LogP contribution in [0.4, 0.5) is 11.4 Å². The van der Waals surface area contributed by atoms with E-state index in [1.807, 2.05) is 12.1 Å². The van der Waals surface area contributed by atoms with E-state index in [2.05, 4.69) is 15.3 Å². The van der Waals surface area contributed by atoms with E-state index in [0.29, 0.717) is 42.7 Å². The van der Waals surface area contributed by atoms with Crippen LogP contribution in [0.5, 0.6) is 0 Å². The highest BCUT2D eigenvalue weighted by Gasteiger charge is 2.27. The van der Waals surface area contributed by atoms with Gasteiger partial charge in [-0.1, -0.05) is 30.3 Å². The molecule has 1 unspecified atom stereocenters. The number of aliphatic hydroxyl groups excluding tert-OH is 1. The van der Waals surface area contributed by atoms with Crippen LogP contribution in [0, 0.1) is 0 Å². The number of fused-ring (bicyclic) bond motifs is 1. The summed E-state index contributed by atoms with van der Waals surface area (Å²) in [5.41, 5.74) is 18.3. The second-order valence-electron chi connectivity index (χ2n) is 7.73. The monoisotopic (exact) mass is 482 g/mol. The number of aliphatic hydroxyl groups is 1. The molecule has 1 aliphatic heterocycles. The van der Waals surface area contributed by atoms with E-state index < -0.39 is 18.0 Å². The SMILES string of the molecule is NC(=O)C1=Nc2ccccc2C1O.NC(N)=NCCCCC(=O)Nc1ccc(CCC(=O)O)cc1. The molecule has 2 aromatic rings. The average molecular weight is 483 g/mol. The first-order valence-corrected chi connectivity index (χ1v) is 11.0. The summed E-state index contributed by atoms with van der Waals surface area (Å²) in [6.07, 6.45) is 1.48. The fourth-order valence-electron chi connectivity index (χ4n) is 3.18. The molecule has 2 amide bonds. The number of anilines is 1. The fraction of sp³-hybridized carbons (Fsp3) is 0.292. The minimum Gasteiger partial charge on any atom is -0.481 e. The number of primary amides is 1. The van der Waals surface area contributed by atoms with Crippen LogP contribution in [0.2, 0.25) is 0 Å². The Morgan fingerprint density at radius 1 is 0.971 bits per heavy atom.